The fraction of sp³-hybridized carbons (Fsp3) is 0.529. The fourth-order valence-corrected chi connectivity index (χ4v) is 3.99. The summed E-state index contributed by atoms with van der Waals surface area (Å²) >= 11 is 0. The molecule has 2 aliphatic carbocycles. The van der Waals surface area contributed by atoms with E-state index >= 15 is 0 Å². The van der Waals surface area contributed by atoms with Crippen molar-refractivity contribution in [3.8, 4) is 18.1 Å². The number of benzene rings is 1. The van der Waals surface area contributed by atoms with Crippen LogP contribution in [0.2, 0.25) is 0 Å². The molecule has 0 spiro atoms. The third-order valence-electron chi connectivity index (χ3n) is 5.04. The second-order valence-corrected chi connectivity index (χ2v) is 6.33. The molecule has 0 saturated heterocycles. The van der Waals surface area contributed by atoms with Gasteiger partial charge < -0.3 is 9.84 Å². The zero-order chi connectivity index (χ0) is 13.7. The number of methoxy groups -OCH3 is 1. The van der Waals surface area contributed by atoms with Gasteiger partial charge in [0.15, 0.2) is 0 Å². The van der Waals surface area contributed by atoms with Gasteiger partial charge in [0.2, 0.25) is 0 Å². The SMILES string of the molecule is C#C[C@]1(O)C[C@@H]2c3ccc(OC)cc3CC[C@]2(C)C1. The number of fused-ring (bicyclic) bond motifs is 3. The molecule has 3 atom stereocenters. The summed E-state index contributed by atoms with van der Waals surface area (Å²) in [5.74, 6) is 3.88. The van der Waals surface area contributed by atoms with E-state index in [1.54, 1.807) is 7.11 Å². The van der Waals surface area contributed by atoms with Crippen molar-refractivity contribution in [2.45, 2.75) is 44.1 Å². The minimum atomic E-state index is -0.930. The van der Waals surface area contributed by atoms with E-state index < -0.39 is 5.60 Å². The summed E-state index contributed by atoms with van der Waals surface area (Å²) in [5, 5.41) is 10.5. The third kappa shape index (κ3) is 1.84. The number of hydrogen-bond acceptors (Lipinski definition) is 2. The van der Waals surface area contributed by atoms with Crippen molar-refractivity contribution < 1.29 is 9.84 Å². The van der Waals surface area contributed by atoms with Crippen LogP contribution in [0.25, 0.3) is 0 Å². The Labute approximate surface area is 114 Å². The van der Waals surface area contributed by atoms with Gasteiger partial charge in [-0.15, -0.1) is 6.42 Å². The maximum Gasteiger partial charge on any atom is 0.126 e. The van der Waals surface area contributed by atoms with Crippen LogP contribution in [-0.4, -0.2) is 17.8 Å². The summed E-state index contributed by atoms with van der Waals surface area (Å²) in [6.45, 7) is 2.26. The number of terminal acetylenes is 1. The third-order valence-corrected chi connectivity index (χ3v) is 5.04. The molecule has 100 valence electrons. The Morgan fingerprint density at radius 1 is 1.47 bits per heavy atom. The molecule has 0 aliphatic heterocycles. The van der Waals surface area contributed by atoms with Crippen molar-refractivity contribution >= 4 is 0 Å². The van der Waals surface area contributed by atoms with Gasteiger partial charge in [-0.2, -0.15) is 0 Å². The molecule has 1 N–H and O–H groups in total. The minimum absolute atomic E-state index is 0.128. The standard InChI is InChI=1S/C17H20O2/c1-4-17(18)10-15-14-6-5-13(19-3)9-12(14)7-8-16(15,2)11-17/h1,5-6,9,15,18H,7-8,10-11H2,2-3H3/t15-,16-,17+/m1/s1. The Hall–Kier alpha value is -1.46. The van der Waals surface area contributed by atoms with E-state index in [9.17, 15) is 5.11 Å². The predicted molar refractivity (Wildman–Crippen MR) is 75.2 cm³/mol. The molecule has 0 bridgehead atoms. The van der Waals surface area contributed by atoms with Crippen LogP contribution in [-0.2, 0) is 6.42 Å². The molecule has 2 nitrogen and oxygen atoms in total. The maximum absolute atomic E-state index is 10.5. The first kappa shape index (κ1) is 12.6. The quantitative estimate of drug-likeness (QED) is 0.783. The highest BCUT2D eigenvalue weighted by molar-refractivity contribution is 5.43. The molecule has 3 rings (SSSR count). The zero-order valence-electron chi connectivity index (χ0n) is 11.6. The normalized spacial score (nSPS) is 36.2. The number of hydrogen-bond donors (Lipinski definition) is 1. The summed E-state index contributed by atoms with van der Waals surface area (Å²) in [4.78, 5) is 0. The van der Waals surface area contributed by atoms with Gasteiger partial charge in [-0.3, -0.25) is 0 Å². The highest BCUT2D eigenvalue weighted by Gasteiger charge is 2.52. The molecule has 1 fully saturated rings. The van der Waals surface area contributed by atoms with Gasteiger partial charge in [0.25, 0.3) is 0 Å². The smallest absolute Gasteiger partial charge is 0.126 e. The van der Waals surface area contributed by atoms with Crippen molar-refractivity contribution in [2.75, 3.05) is 7.11 Å². The lowest BCUT2D eigenvalue weighted by Gasteiger charge is -2.37. The zero-order valence-corrected chi connectivity index (χ0v) is 11.6. The molecule has 0 heterocycles. The van der Waals surface area contributed by atoms with Crippen LogP contribution in [0.1, 0.15) is 43.2 Å². The second kappa shape index (κ2) is 4.02. The van der Waals surface area contributed by atoms with E-state index in [-0.39, 0.29) is 5.41 Å². The lowest BCUT2D eigenvalue weighted by Crippen LogP contribution is -2.27. The van der Waals surface area contributed by atoms with Crippen LogP contribution in [0.5, 0.6) is 5.75 Å². The Balaban J connectivity index is 2.04. The first-order valence-electron chi connectivity index (χ1n) is 6.87. The van der Waals surface area contributed by atoms with Crippen LogP contribution in [0.4, 0.5) is 0 Å². The van der Waals surface area contributed by atoms with E-state index in [1.807, 2.05) is 6.07 Å². The lowest BCUT2D eigenvalue weighted by atomic mass is 9.67. The van der Waals surface area contributed by atoms with Crippen molar-refractivity contribution in [2.24, 2.45) is 5.41 Å². The molecule has 0 amide bonds. The molecule has 2 heteroatoms. The van der Waals surface area contributed by atoms with Gasteiger partial charge in [-0.25, -0.2) is 0 Å². The Kier molecular flexibility index (Phi) is 2.66. The van der Waals surface area contributed by atoms with E-state index in [0.717, 1.165) is 18.6 Å². The van der Waals surface area contributed by atoms with Crippen molar-refractivity contribution in [3.05, 3.63) is 29.3 Å². The molecule has 0 unspecified atom stereocenters. The molecule has 0 radical (unpaired) electrons. The topological polar surface area (TPSA) is 29.5 Å². The Morgan fingerprint density at radius 2 is 2.26 bits per heavy atom. The molecular formula is C17H20O2. The van der Waals surface area contributed by atoms with Crippen LogP contribution in [0.15, 0.2) is 18.2 Å². The van der Waals surface area contributed by atoms with Gasteiger partial charge in [0.1, 0.15) is 11.4 Å². The summed E-state index contributed by atoms with van der Waals surface area (Å²) in [6, 6.07) is 6.29. The molecule has 1 aromatic rings. The van der Waals surface area contributed by atoms with Crippen LogP contribution in [0.3, 0.4) is 0 Å². The number of rotatable bonds is 1. The fourth-order valence-electron chi connectivity index (χ4n) is 3.99. The van der Waals surface area contributed by atoms with Gasteiger partial charge >= 0.3 is 0 Å². The molecule has 1 aromatic carbocycles. The highest BCUT2D eigenvalue weighted by atomic mass is 16.5. The molecular weight excluding hydrogens is 236 g/mol. The Bertz CT molecular complexity index is 557. The maximum atomic E-state index is 10.5. The Morgan fingerprint density at radius 3 is 2.95 bits per heavy atom. The molecule has 2 aliphatic rings. The van der Waals surface area contributed by atoms with E-state index in [2.05, 4.69) is 25.0 Å². The average molecular weight is 256 g/mol. The van der Waals surface area contributed by atoms with Gasteiger partial charge in [-0.1, -0.05) is 18.9 Å². The van der Waals surface area contributed by atoms with E-state index in [0.29, 0.717) is 18.8 Å². The monoisotopic (exact) mass is 256 g/mol. The van der Waals surface area contributed by atoms with Gasteiger partial charge in [0.05, 0.1) is 7.11 Å². The van der Waals surface area contributed by atoms with E-state index in [4.69, 9.17) is 11.2 Å². The first-order chi connectivity index (χ1) is 9.00. The molecule has 0 aromatic heterocycles. The highest BCUT2D eigenvalue weighted by Crippen LogP contribution is 2.58. The summed E-state index contributed by atoms with van der Waals surface area (Å²) < 4.78 is 5.30. The predicted octanol–water partition coefficient (Wildman–Crippen LogP) is 2.89. The van der Waals surface area contributed by atoms with Gasteiger partial charge in [0, 0.05) is 0 Å². The summed E-state index contributed by atoms with van der Waals surface area (Å²) in [5.41, 5.74) is 1.90. The first-order valence-corrected chi connectivity index (χ1v) is 6.87. The van der Waals surface area contributed by atoms with E-state index in [1.165, 1.54) is 11.1 Å². The lowest BCUT2D eigenvalue weighted by molar-refractivity contribution is 0.0932. The summed E-state index contributed by atoms with van der Waals surface area (Å²) in [7, 11) is 1.70. The second-order valence-electron chi connectivity index (χ2n) is 6.33. The number of ether oxygens (including phenoxy) is 1. The van der Waals surface area contributed by atoms with Crippen molar-refractivity contribution in [1.82, 2.24) is 0 Å². The molecule has 1 saturated carbocycles. The summed E-state index contributed by atoms with van der Waals surface area (Å²) in [6.07, 6.45) is 9.05. The number of aliphatic hydroxyl groups is 1. The van der Waals surface area contributed by atoms with Crippen molar-refractivity contribution in [1.29, 1.82) is 0 Å². The molecule has 19 heavy (non-hydrogen) atoms. The van der Waals surface area contributed by atoms with Crippen LogP contribution in [0, 0.1) is 17.8 Å². The largest absolute Gasteiger partial charge is 0.497 e. The van der Waals surface area contributed by atoms with Crippen LogP contribution < -0.4 is 4.74 Å². The van der Waals surface area contributed by atoms with Gasteiger partial charge in [-0.05, 0) is 60.3 Å². The van der Waals surface area contributed by atoms with Crippen molar-refractivity contribution in [3.63, 3.8) is 0 Å². The minimum Gasteiger partial charge on any atom is -0.497 e. The van der Waals surface area contributed by atoms with Crippen LogP contribution >= 0.6 is 0 Å². The average Bonchev–Trinajstić information content (AvgIpc) is 2.70. The number of aryl methyl sites for hydroxylation is 1.